The van der Waals surface area contributed by atoms with Gasteiger partial charge in [0.2, 0.25) is 0 Å². The van der Waals surface area contributed by atoms with Crippen molar-refractivity contribution in [1.29, 1.82) is 0 Å². The zero-order valence-electron chi connectivity index (χ0n) is 18.9. The van der Waals surface area contributed by atoms with Crippen LogP contribution in [0.4, 0.5) is 10.1 Å². The first-order chi connectivity index (χ1) is 17.2. The number of benzene rings is 2. The Bertz CT molecular complexity index is 1350. The normalized spacial score (nSPS) is 13.8. The largest absolute Gasteiger partial charge is 0.459 e. The van der Waals surface area contributed by atoms with E-state index >= 15 is 0 Å². The quantitative estimate of drug-likeness (QED) is 0.479. The van der Waals surface area contributed by atoms with E-state index in [1.165, 1.54) is 41.5 Å². The van der Waals surface area contributed by atoms with Gasteiger partial charge in [-0.25, -0.2) is 17.6 Å². The van der Waals surface area contributed by atoms with Crippen LogP contribution in [0.3, 0.4) is 0 Å². The van der Waals surface area contributed by atoms with Gasteiger partial charge in [-0.1, -0.05) is 6.07 Å². The summed E-state index contributed by atoms with van der Waals surface area (Å²) in [7, 11) is -4.05. The van der Waals surface area contributed by atoms with Crippen LogP contribution in [0.15, 0.2) is 76.2 Å². The lowest BCUT2D eigenvalue weighted by Crippen LogP contribution is -2.51. The molecule has 10 nitrogen and oxygen atoms in total. The number of anilines is 1. The second-order valence-electron chi connectivity index (χ2n) is 7.87. The summed E-state index contributed by atoms with van der Waals surface area (Å²) in [5.41, 5.74) is 0.0968. The average Bonchev–Trinajstić information content (AvgIpc) is 3.43. The Morgan fingerprint density at radius 2 is 1.64 bits per heavy atom. The summed E-state index contributed by atoms with van der Waals surface area (Å²) in [6.45, 7) is 0.618. The highest BCUT2D eigenvalue weighted by molar-refractivity contribution is 7.92. The van der Waals surface area contributed by atoms with Gasteiger partial charge in [0.25, 0.3) is 21.8 Å². The first kappa shape index (κ1) is 24.9. The zero-order chi connectivity index (χ0) is 25.7. The highest BCUT2D eigenvalue weighted by atomic mass is 32.2. The average molecular weight is 516 g/mol. The monoisotopic (exact) mass is 515 g/mol. The van der Waals surface area contributed by atoms with Gasteiger partial charge in [0.05, 0.1) is 16.7 Å². The van der Waals surface area contributed by atoms with Gasteiger partial charge in [-0.05, 0) is 54.6 Å². The molecule has 0 unspecified atom stereocenters. The lowest BCUT2D eigenvalue weighted by molar-refractivity contribution is -0.136. The van der Waals surface area contributed by atoms with Crippen LogP contribution < -0.4 is 4.72 Å². The van der Waals surface area contributed by atoms with Crippen molar-refractivity contribution < 1.29 is 36.3 Å². The topological polar surface area (TPSA) is 126 Å². The standard InChI is InChI=1S/C24H22FN3O7S/c25-18-6-8-19(9-7-18)26-36(32,33)20-4-1-3-17(15-20)24(31)35-16-22(29)27-10-12-28(13-11-27)23(30)21-5-2-14-34-21/h1-9,14-15,26H,10-13,16H2. The molecule has 0 aliphatic carbocycles. The van der Waals surface area contributed by atoms with Gasteiger partial charge in [0.1, 0.15) is 5.82 Å². The minimum absolute atomic E-state index is 0.0568. The van der Waals surface area contributed by atoms with Crippen molar-refractivity contribution in [3.05, 3.63) is 84.1 Å². The van der Waals surface area contributed by atoms with E-state index < -0.39 is 34.3 Å². The van der Waals surface area contributed by atoms with E-state index in [1.807, 2.05) is 0 Å². The summed E-state index contributed by atoms with van der Waals surface area (Å²) in [4.78, 5) is 40.1. The minimum atomic E-state index is -4.05. The SMILES string of the molecule is O=C(OCC(=O)N1CCN(C(=O)c2ccco2)CC1)c1cccc(S(=O)(=O)Nc2ccc(F)cc2)c1. The summed E-state index contributed by atoms with van der Waals surface area (Å²) in [5.74, 6) is -1.85. The van der Waals surface area contributed by atoms with Crippen molar-refractivity contribution in [3.8, 4) is 0 Å². The fourth-order valence-electron chi connectivity index (χ4n) is 3.54. The molecular formula is C24H22FN3O7S. The molecule has 1 saturated heterocycles. The van der Waals surface area contributed by atoms with Crippen LogP contribution in [0, 0.1) is 5.82 Å². The molecule has 0 spiro atoms. The molecule has 1 fully saturated rings. The number of hydrogen-bond donors (Lipinski definition) is 1. The van der Waals surface area contributed by atoms with Gasteiger partial charge < -0.3 is 19.0 Å². The van der Waals surface area contributed by atoms with Crippen LogP contribution in [-0.4, -0.2) is 68.8 Å². The molecule has 1 N–H and O–H groups in total. The minimum Gasteiger partial charge on any atom is -0.459 e. The molecule has 2 heterocycles. The molecule has 2 amide bonds. The molecule has 0 atom stereocenters. The Morgan fingerprint density at radius 3 is 2.31 bits per heavy atom. The molecule has 36 heavy (non-hydrogen) atoms. The number of rotatable bonds is 7. The maximum absolute atomic E-state index is 13.1. The van der Waals surface area contributed by atoms with Crippen LogP contribution in [0.5, 0.6) is 0 Å². The third-order valence-electron chi connectivity index (χ3n) is 5.45. The van der Waals surface area contributed by atoms with E-state index in [0.717, 1.165) is 18.2 Å². The van der Waals surface area contributed by atoms with E-state index in [4.69, 9.17) is 9.15 Å². The first-order valence-corrected chi connectivity index (χ1v) is 12.4. The highest BCUT2D eigenvalue weighted by Gasteiger charge is 2.27. The molecule has 0 radical (unpaired) electrons. The Labute approximate surface area is 206 Å². The molecular weight excluding hydrogens is 493 g/mol. The van der Waals surface area contributed by atoms with E-state index in [-0.39, 0.29) is 40.9 Å². The fourth-order valence-corrected chi connectivity index (χ4v) is 4.64. The van der Waals surface area contributed by atoms with Crippen molar-refractivity contribution in [3.63, 3.8) is 0 Å². The predicted molar refractivity (Wildman–Crippen MR) is 125 cm³/mol. The molecule has 0 bridgehead atoms. The number of nitrogens with zero attached hydrogens (tertiary/aromatic N) is 2. The predicted octanol–water partition coefficient (Wildman–Crippen LogP) is 2.36. The number of sulfonamides is 1. The van der Waals surface area contributed by atoms with Gasteiger partial charge in [-0.15, -0.1) is 0 Å². The van der Waals surface area contributed by atoms with Gasteiger partial charge in [0, 0.05) is 31.9 Å². The summed E-state index contributed by atoms with van der Waals surface area (Å²) >= 11 is 0. The van der Waals surface area contributed by atoms with Crippen molar-refractivity contribution >= 4 is 33.5 Å². The first-order valence-electron chi connectivity index (χ1n) is 10.9. The van der Waals surface area contributed by atoms with Crippen molar-refractivity contribution in [2.45, 2.75) is 4.90 Å². The van der Waals surface area contributed by atoms with Gasteiger partial charge in [-0.2, -0.15) is 0 Å². The van der Waals surface area contributed by atoms with Gasteiger partial charge >= 0.3 is 5.97 Å². The molecule has 2 aromatic carbocycles. The lowest BCUT2D eigenvalue weighted by Gasteiger charge is -2.34. The number of piperazine rings is 1. The maximum atomic E-state index is 13.1. The van der Waals surface area contributed by atoms with Gasteiger partial charge in [-0.3, -0.25) is 14.3 Å². The number of hydrogen-bond acceptors (Lipinski definition) is 7. The molecule has 188 valence electrons. The Hall–Kier alpha value is -4.19. The summed E-state index contributed by atoms with van der Waals surface area (Å²) in [6.07, 6.45) is 1.41. The van der Waals surface area contributed by atoms with Crippen LogP contribution in [0.2, 0.25) is 0 Å². The molecule has 4 rings (SSSR count). The number of furan rings is 1. The van der Waals surface area contributed by atoms with Crippen LogP contribution in [0.1, 0.15) is 20.9 Å². The Morgan fingerprint density at radius 1 is 0.944 bits per heavy atom. The molecule has 1 aromatic heterocycles. The highest BCUT2D eigenvalue weighted by Crippen LogP contribution is 2.18. The fraction of sp³-hybridized carbons (Fsp3) is 0.208. The number of ether oxygens (including phenoxy) is 1. The van der Waals surface area contributed by atoms with E-state index in [9.17, 15) is 27.2 Å². The van der Waals surface area contributed by atoms with Gasteiger partial charge in [0.15, 0.2) is 12.4 Å². The van der Waals surface area contributed by atoms with E-state index in [2.05, 4.69) is 4.72 Å². The number of nitrogens with one attached hydrogen (secondary N) is 1. The number of amides is 2. The van der Waals surface area contributed by atoms with E-state index in [1.54, 1.807) is 17.0 Å². The van der Waals surface area contributed by atoms with Crippen molar-refractivity contribution in [2.24, 2.45) is 0 Å². The van der Waals surface area contributed by atoms with E-state index in [0.29, 0.717) is 13.1 Å². The summed E-state index contributed by atoms with van der Waals surface area (Å²) < 4.78 is 50.8. The number of esters is 1. The lowest BCUT2D eigenvalue weighted by atomic mass is 10.2. The molecule has 1 aliphatic rings. The third-order valence-corrected chi connectivity index (χ3v) is 6.83. The van der Waals surface area contributed by atoms with Crippen LogP contribution >= 0.6 is 0 Å². The second kappa shape index (κ2) is 10.6. The molecule has 0 saturated carbocycles. The molecule has 1 aliphatic heterocycles. The third kappa shape index (κ3) is 5.89. The smallest absolute Gasteiger partial charge is 0.338 e. The number of halogens is 1. The Kier molecular flexibility index (Phi) is 7.34. The van der Waals surface area contributed by atoms with Crippen molar-refractivity contribution in [2.75, 3.05) is 37.5 Å². The summed E-state index contributed by atoms with van der Waals surface area (Å²) in [5, 5.41) is 0. The Balaban J connectivity index is 1.30. The summed E-state index contributed by atoms with van der Waals surface area (Å²) in [6, 6.07) is 13.1. The number of carbonyl (C=O) groups excluding carboxylic acids is 3. The second-order valence-corrected chi connectivity index (χ2v) is 9.55. The van der Waals surface area contributed by atoms with Crippen molar-refractivity contribution in [1.82, 2.24) is 9.80 Å². The van der Waals surface area contributed by atoms with Crippen LogP contribution in [0.25, 0.3) is 0 Å². The zero-order valence-corrected chi connectivity index (χ0v) is 19.7. The molecule has 3 aromatic rings. The number of carbonyl (C=O) groups is 3. The maximum Gasteiger partial charge on any atom is 0.338 e. The van der Waals surface area contributed by atoms with Crippen LogP contribution in [-0.2, 0) is 19.6 Å². The molecule has 12 heteroatoms.